The van der Waals surface area contributed by atoms with E-state index >= 15 is 0 Å². The van der Waals surface area contributed by atoms with Gasteiger partial charge < -0.3 is 0 Å². The van der Waals surface area contributed by atoms with Gasteiger partial charge in [-0.3, -0.25) is 9.59 Å². The monoisotopic (exact) mass is 288 g/mol. The standard InChI is InChI=1S/C19H28O2/c1-18-10-4-3-5-12(18)6-7-13-14-8-9-16(21)19(14,2)11-15(20)17(13)18/h12-14,17H,3-11H2,1-2H3/t12-,13-,14+,17+,18-,19+/m1/s1. The highest BCUT2D eigenvalue weighted by molar-refractivity contribution is 5.95. The molecule has 0 amide bonds. The van der Waals surface area contributed by atoms with Crippen LogP contribution in [0.3, 0.4) is 0 Å². The van der Waals surface area contributed by atoms with E-state index in [-0.39, 0.29) is 16.7 Å². The molecule has 0 aromatic carbocycles. The van der Waals surface area contributed by atoms with Crippen LogP contribution in [0.4, 0.5) is 0 Å². The van der Waals surface area contributed by atoms with Crippen molar-refractivity contribution in [3.05, 3.63) is 0 Å². The summed E-state index contributed by atoms with van der Waals surface area (Å²) in [5.74, 6) is 2.83. The number of ketones is 2. The zero-order valence-corrected chi connectivity index (χ0v) is 13.5. The molecule has 21 heavy (non-hydrogen) atoms. The molecule has 0 aliphatic heterocycles. The van der Waals surface area contributed by atoms with Gasteiger partial charge in [0.1, 0.15) is 11.6 Å². The summed E-state index contributed by atoms with van der Waals surface area (Å²) in [4.78, 5) is 25.4. The summed E-state index contributed by atoms with van der Waals surface area (Å²) < 4.78 is 0. The Kier molecular flexibility index (Phi) is 2.94. The highest BCUT2D eigenvalue weighted by Gasteiger charge is 2.62. The van der Waals surface area contributed by atoms with Crippen molar-refractivity contribution >= 4 is 11.6 Å². The van der Waals surface area contributed by atoms with Gasteiger partial charge in [-0.15, -0.1) is 0 Å². The number of fused-ring (bicyclic) bond motifs is 5. The molecule has 4 aliphatic rings. The quantitative estimate of drug-likeness (QED) is 0.670. The third-order valence-corrected chi connectivity index (χ3v) is 7.98. The molecule has 0 bridgehead atoms. The van der Waals surface area contributed by atoms with Gasteiger partial charge in [-0.25, -0.2) is 0 Å². The van der Waals surface area contributed by atoms with E-state index in [1.165, 1.54) is 38.5 Å². The Hall–Kier alpha value is -0.660. The van der Waals surface area contributed by atoms with Crippen LogP contribution in [0.5, 0.6) is 0 Å². The van der Waals surface area contributed by atoms with Gasteiger partial charge in [0.2, 0.25) is 0 Å². The Morgan fingerprint density at radius 3 is 2.62 bits per heavy atom. The number of Topliss-reactive ketones (excluding diaryl/α,β-unsaturated/α-hetero) is 2. The van der Waals surface area contributed by atoms with Gasteiger partial charge >= 0.3 is 0 Å². The summed E-state index contributed by atoms with van der Waals surface area (Å²) >= 11 is 0. The summed E-state index contributed by atoms with van der Waals surface area (Å²) in [5, 5.41) is 0. The minimum absolute atomic E-state index is 0.241. The van der Waals surface area contributed by atoms with E-state index in [2.05, 4.69) is 13.8 Å². The molecule has 0 aromatic rings. The lowest BCUT2D eigenvalue weighted by Crippen LogP contribution is -2.56. The largest absolute Gasteiger partial charge is 0.299 e. The van der Waals surface area contributed by atoms with Gasteiger partial charge in [0.25, 0.3) is 0 Å². The lowest BCUT2D eigenvalue weighted by molar-refractivity contribution is -0.159. The van der Waals surface area contributed by atoms with Gasteiger partial charge in [-0.05, 0) is 55.3 Å². The fraction of sp³-hybridized carbons (Fsp3) is 0.895. The van der Waals surface area contributed by atoms with Crippen molar-refractivity contribution in [1.29, 1.82) is 0 Å². The van der Waals surface area contributed by atoms with Crippen LogP contribution in [0.15, 0.2) is 0 Å². The van der Waals surface area contributed by atoms with E-state index in [0.717, 1.165) is 18.8 Å². The molecular formula is C19H28O2. The van der Waals surface area contributed by atoms with Gasteiger partial charge in [0, 0.05) is 24.2 Å². The first-order chi connectivity index (χ1) is 9.97. The number of hydrogen-bond donors (Lipinski definition) is 0. The van der Waals surface area contributed by atoms with Crippen molar-refractivity contribution in [1.82, 2.24) is 0 Å². The van der Waals surface area contributed by atoms with Crippen molar-refractivity contribution in [2.45, 2.75) is 71.6 Å². The molecule has 0 saturated heterocycles. The topological polar surface area (TPSA) is 34.1 Å². The second-order valence-electron chi connectivity index (χ2n) is 8.80. The Balaban J connectivity index is 1.73. The summed E-state index contributed by atoms with van der Waals surface area (Å²) in [5.41, 5.74) is -0.0681. The van der Waals surface area contributed by atoms with Crippen LogP contribution >= 0.6 is 0 Å². The minimum Gasteiger partial charge on any atom is -0.299 e. The highest BCUT2D eigenvalue weighted by Crippen LogP contribution is 2.64. The first-order valence-electron chi connectivity index (χ1n) is 9.03. The predicted molar refractivity (Wildman–Crippen MR) is 81.7 cm³/mol. The van der Waals surface area contributed by atoms with E-state index in [0.29, 0.717) is 29.8 Å². The molecule has 0 unspecified atom stereocenters. The Morgan fingerprint density at radius 2 is 1.81 bits per heavy atom. The molecular weight excluding hydrogens is 260 g/mol. The van der Waals surface area contributed by atoms with Crippen molar-refractivity contribution in [2.24, 2.45) is 34.5 Å². The Bertz CT molecular complexity index is 496. The second-order valence-corrected chi connectivity index (χ2v) is 8.80. The molecule has 6 atom stereocenters. The normalized spacial score (nSPS) is 53.0. The molecule has 0 spiro atoms. The fourth-order valence-corrected chi connectivity index (χ4v) is 6.89. The predicted octanol–water partition coefficient (Wildman–Crippen LogP) is 4.17. The van der Waals surface area contributed by atoms with E-state index in [4.69, 9.17) is 0 Å². The first kappa shape index (κ1) is 14.0. The zero-order chi connectivity index (χ0) is 14.8. The third kappa shape index (κ3) is 1.71. The van der Waals surface area contributed by atoms with Crippen LogP contribution in [-0.4, -0.2) is 11.6 Å². The first-order valence-corrected chi connectivity index (χ1v) is 9.03. The van der Waals surface area contributed by atoms with Crippen molar-refractivity contribution in [3.8, 4) is 0 Å². The Morgan fingerprint density at radius 1 is 1.00 bits per heavy atom. The van der Waals surface area contributed by atoms with Gasteiger partial charge in [0.05, 0.1) is 0 Å². The molecule has 116 valence electrons. The maximum absolute atomic E-state index is 13.0. The van der Waals surface area contributed by atoms with E-state index in [1.807, 2.05) is 0 Å². The Labute approximate surface area is 128 Å². The molecule has 0 heterocycles. The summed E-state index contributed by atoms with van der Waals surface area (Å²) in [6.45, 7) is 4.50. The van der Waals surface area contributed by atoms with Gasteiger partial charge in [0.15, 0.2) is 0 Å². The molecule has 2 heteroatoms. The van der Waals surface area contributed by atoms with E-state index in [9.17, 15) is 9.59 Å². The van der Waals surface area contributed by atoms with Crippen LogP contribution in [0.1, 0.15) is 71.6 Å². The summed E-state index contributed by atoms with van der Waals surface area (Å²) in [7, 11) is 0. The highest BCUT2D eigenvalue weighted by atomic mass is 16.1. The fourth-order valence-electron chi connectivity index (χ4n) is 6.89. The van der Waals surface area contributed by atoms with Gasteiger partial charge in [-0.1, -0.05) is 26.7 Å². The molecule has 0 N–H and O–H groups in total. The zero-order valence-electron chi connectivity index (χ0n) is 13.5. The second kappa shape index (κ2) is 4.43. The van der Waals surface area contributed by atoms with Crippen molar-refractivity contribution in [3.63, 3.8) is 0 Å². The number of carbonyl (C=O) groups is 2. The molecule has 4 aliphatic carbocycles. The number of rotatable bonds is 0. The summed E-state index contributed by atoms with van der Waals surface area (Å²) in [6, 6.07) is 0. The lowest BCUT2D eigenvalue weighted by Gasteiger charge is -2.58. The average Bonchev–Trinajstić information content (AvgIpc) is 2.73. The molecule has 4 saturated carbocycles. The smallest absolute Gasteiger partial charge is 0.139 e. The average molecular weight is 288 g/mol. The minimum atomic E-state index is -0.309. The molecule has 2 nitrogen and oxygen atoms in total. The lowest BCUT2D eigenvalue weighted by atomic mass is 9.45. The number of hydrogen-bond acceptors (Lipinski definition) is 2. The van der Waals surface area contributed by atoms with Gasteiger partial charge in [-0.2, -0.15) is 0 Å². The van der Waals surface area contributed by atoms with E-state index in [1.54, 1.807) is 0 Å². The third-order valence-electron chi connectivity index (χ3n) is 7.98. The van der Waals surface area contributed by atoms with Crippen molar-refractivity contribution < 1.29 is 9.59 Å². The number of carbonyl (C=O) groups excluding carboxylic acids is 2. The van der Waals surface area contributed by atoms with Crippen LogP contribution in [0.25, 0.3) is 0 Å². The maximum atomic E-state index is 13.0. The van der Waals surface area contributed by atoms with Crippen LogP contribution in [0.2, 0.25) is 0 Å². The molecule has 0 radical (unpaired) electrons. The SMILES string of the molecule is C[C@@]12CCCC[C@@H]1CC[C@H]1[C@H]2C(=O)C[C@]2(C)C(=O)CC[C@@H]12. The summed E-state index contributed by atoms with van der Waals surface area (Å²) in [6.07, 6.45) is 10.0. The van der Waals surface area contributed by atoms with Crippen molar-refractivity contribution in [2.75, 3.05) is 0 Å². The molecule has 4 fully saturated rings. The van der Waals surface area contributed by atoms with Crippen LogP contribution < -0.4 is 0 Å². The molecule has 4 rings (SSSR count). The maximum Gasteiger partial charge on any atom is 0.139 e. The van der Waals surface area contributed by atoms with E-state index < -0.39 is 0 Å². The van der Waals surface area contributed by atoms with Crippen LogP contribution in [0, 0.1) is 34.5 Å². The van der Waals surface area contributed by atoms with Crippen LogP contribution in [-0.2, 0) is 9.59 Å². The molecule has 0 aromatic heterocycles.